The van der Waals surface area contributed by atoms with Crippen molar-refractivity contribution in [2.75, 3.05) is 45.8 Å². The van der Waals surface area contributed by atoms with Gasteiger partial charge in [-0.15, -0.1) is 0 Å². The molecule has 0 unspecified atom stereocenters. The first-order valence-corrected chi connectivity index (χ1v) is 12.2. The van der Waals surface area contributed by atoms with Crippen LogP contribution in [-0.2, 0) is 4.79 Å². The molecule has 3 fully saturated rings. The van der Waals surface area contributed by atoms with E-state index in [9.17, 15) is 9.59 Å². The molecular weight excluding hydrogens is 410 g/mol. The number of rotatable bonds is 5. The molecule has 5 rings (SSSR count). The Morgan fingerprint density at radius 2 is 1.45 bits per heavy atom. The van der Waals surface area contributed by atoms with Gasteiger partial charge in [0.25, 0.3) is 5.91 Å². The average Bonchev–Trinajstić information content (AvgIpc) is 3.58. The highest BCUT2D eigenvalue weighted by Crippen LogP contribution is 2.60. The molecule has 2 amide bonds. The minimum atomic E-state index is 0.117. The number of benzene rings is 2. The lowest BCUT2D eigenvalue weighted by Crippen LogP contribution is -2.49. The number of carbonyl (C=O) groups excluding carboxylic acids is 2. The van der Waals surface area contributed by atoms with Crippen LogP contribution in [0.5, 0.6) is 0 Å². The molecule has 3 aliphatic rings. The molecule has 5 heteroatoms. The summed E-state index contributed by atoms with van der Waals surface area (Å²) in [5.41, 5.74) is 2.12. The zero-order chi connectivity index (χ0) is 22.7. The molecule has 2 aliphatic heterocycles. The highest BCUT2D eigenvalue weighted by molar-refractivity contribution is 5.94. The summed E-state index contributed by atoms with van der Waals surface area (Å²) < 4.78 is 0. The predicted molar refractivity (Wildman–Crippen MR) is 131 cm³/mol. The molecule has 1 spiro atoms. The minimum Gasteiger partial charge on any atom is -0.340 e. The number of nitrogens with zero attached hydrogens (tertiary/aromatic N) is 3. The van der Waals surface area contributed by atoms with Crippen LogP contribution in [0.15, 0.2) is 66.7 Å². The fourth-order valence-electron chi connectivity index (χ4n) is 5.44. The van der Waals surface area contributed by atoms with E-state index in [1.165, 1.54) is 5.56 Å². The van der Waals surface area contributed by atoms with Crippen LogP contribution in [0.25, 0.3) is 6.08 Å². The van der Waals surface area contributed by atoms with Gasteiger partial charge >= 0.3 is 0 Å². The number of amides is 2. The number of likely N-dealkylation sites (tertiary alicyclic amines) is 1. The van der Waals surface area contributed by atoms with Gasteiger partial charge in [0.1, 0.15) is 0 Å². The van der Waals surface area contributed by atoms with Crippen molar-refractivity contribution in [3.63, 3.8) is 0 Å². The fourth-order valence-corrected chi connectivity index (χ4v) is 5.44. The van der Waals surface area contributed by atoms with Crippen molar-refractivity contribution in [1.29, 1.82) is 0 Å². The summed E-state index contributed by atoms with van der Waals surface area (Å²) in [7, 11) is 0. The topological polar surface area (TPSA) is 43.9 Å². The maximum Gasteiger partial charge on any atom is 0.253 e. The van der Waals surface area contributed by atoms with Gasteiger partial charge in [0.2, 0.25) is 5.91 Å². The molecule has 2 aromatic carbocycles. The van der Waals surface area contributed by atoms with Gasteiger partial charge in [0.15, 0.2) is 0 Å². The summed E-state index contributed by atoms with van der Waals surface area (Å²) in [6.45, 7) is 5.97. The third-order valence-electron chi connectivity index (χ3n) is 7.71. The van der Waals surface area contributed by atoms with Gasteiger partial charge < -0.3 is 9.80 Å². The minimum absolute atomic E-state index is 0.117. The summed E-state index contributed by atoms with van der Waals surface area (Å²) in [5.74, 6) is 0.625. The van der Waals surface area contributed by atoms with Gasteiger partial charge in [-0.05, 0) is 42.4 Å². The molecule has 0 bridgehead atoms. The van der Waals surface area contributed by atoms with Gasteiger partial charge in [0.05, 0.1) is 0 Å². The Balaban J connectivity index is 1.06. The van der Waals surface area contributed by atoms with Crippen LogP contribution < -0.4 is 0 Å². The molecule has 0 radical (unpaired) electrons. The van der Waals surface area contributed by atoms with Crippen molar-refractivity contribution in [3.8, 4) is 0 Å². The summed E-state index contributed by atoms with van der Waals surface area (Å²) in [6, 6.07) is 19.9. The Morgan fingerprint density at radius 3 is 2.12 bits per heavy atom. The third-order valence-corrected chi connectivity index (χ3v) is 7.71. The van der Waals surface area contributed by atoms with Crippen molar-refractivity contribution >= 4 is 17.9 Å². The van der Waals surface area contributed by atoms with Crippen molar-refractivity contribution in [1.82, 2.24) is 14.7 Å². The van der Waals surface area contributed by atoms with Crippen LogP contribution in [0, 0.1) is 11.3 Å². The van der Waals surface area contributed by atoms with Crippen LogP contribution in [0.4, 0.5) is 0 Å². The normalized spacial score (nSPS) is 22.6. The van der Waals surface area contributed by atoms with E-state index >= 15 is 0 Å². The fraction of sp³-hybridized carbons (Fsp3) is 0.429. The maximum absolute atomic E-state index is 13.2. The predicted octanol–water partition coefficient (Wildman–Crippen LogP) is 3.79. The number of carbonyl (C=O) groups is 2. The van der Waals surface area contributed by atoms with Gasteiger partial charge in [-0.25, -0.2) is 0 Å². The van der Waals surface area contributed by atoms with Crippen molar-refractivity contribution < 1.29 is 9.59 Å². The van der Waals surface area contributed by atoms with E-state index in [1.54, 1.807) is 0 Å². The van der Waals surface area contributed by atoms with Gasteiger partial charge in [-0.1, -0.05) is 60.7 Å². The molecule has 1 aliphatic carbocycles. The smallest absolute Gasteiger partial charge is 0.253 e. The summed E-state index contributed by atoms with van der Waals surface area (Å²) in [6.07, 6.45) is 7.28. The van der Waals surface area contributed by atoms with Crippen LogP contribution >= 0.6 is 0 Å². The molecule has 1 saturated carbocycles. The second kappa shape index (κ2) is 9.52. The Labute approximate surface area is 196 Å². The Hall–Kier alpha value is -2.92. The van der Waals surface area contributed by atoms with Crippen molar-refractivity contribution in [2.24, 2.45) is 11.3 Å². The van der Waals surface area contributed by atoms with Crippen LogP contribution in [0.3, 0.4) is 0 Å². The number of hydrogen-bond donors (Lipinski definition) is 0. The molecule has 0 N–H and O–H groups in total. The zero-order valence-electron chi connectivity index (χ0n) is 19.2. The Bertz CT molecular complexity index is 988. The molecule has 2 aromatic rings. The first-order valence-electron chi connectivity index (χ1n) is 12.2. The van der Waals surface area contributed by atoms with Gasteiger partial charge in [0, 0.05) is 57.3 Å². The SMILES string of the molecule is O=C(c1ccccc1)N1CCC2(CC1)C[C@@H]2C(=O)N1CCN(C/C=C/c2ccccc2)CC1. The summed E-state index contributed by atoms with van der Waals surface area (Å²) >= 11 is 0. The largest absolute Gasteiger partial charge is 0.340 e. The van der Waals surface area contributed by atoms with Crippen LogP contribution in [0.1, 0.15) is 35.2 Å². The number of hydrogen-bond acceptors (Lipinski definition) is 3. The molecular formula is C28H33N3O2. The van der Waals surface area contributed by atoms with E-state index in [1.807, 2.05) is 41.3 Å². The quantitative estimate of drug-likeness (QED) is 0.706. The molecule has 1 atom stereocenters. The monoisotopic (exact) mass is 443 g/mol. The molecule has 0 aromatic heterocycles. The average molecular weight is 444 g/mol. The summed E-state index contributed by atoms with van der Waals surface area (Å²) in [4.78, 5) is 32.4. The molecule has 2 heterocycles. The van der Waals surface area contributed by atoms with Crippen LogP contribution in [0.2, 0.25) is 0 Å². The lowest BCUT2D eigenvalue weighted by atomic mass is 9.90. The summed E-state index contributed by atoms with van der Waals surface area (Å²) in [5, 5.41) is 0. The first-order chi connectivity index (χ1) is 16.1. The standard InChI is InChI=1S/C28H33N3O2/c32-26(24-11-5-2-6-12-24)30-16-13-28(14-17-30)22-25(28)27(33)31-20-18-29(19-21-31)15-7-10-23-8-3-1-4-9-23/h1-12,25H,13-22H2/b10-7+/t25-/m1/s1. The molecule has 172 valence electrons. The van der Waals surface area contributed by atoms with E-state index in [2.05, 4.69) is 46.2 Å². The Morgan fingerprint density at radius 1 is 0.818 bits per heavy atom. The van der Waals surface area contributed by atoms with E-state index in [0.29, 0.717) is 5.91 Å². The van der Waals surface area contributed by atoms with Crippen LogP contribution in [-0.4, -0.2) is 72.3 Å². The first kappa shape index (κ1) is 21.9. The van der Waals surface area contributed by atoms with E-state index in [0.717, 1.165) is 70.6 Å². The second-order valence-corrected chi connectivity index (χ2v) is 9.72. The number of piperazine rings is 1. The number of piperidine rings is 1. The lowest BCUT2D eigenvalue weighted by Gasteiger charge is -2.36. The van der Waals surface area contributed by atoms with Gasteiger partial charge in [-0.2, -0.15) is 0 Å². The third kappa shape index (κ3) is 4.88. The Kier molecular flexibility index (Phi) is 6.32. The molecule has 2 saturated heterocycles. The van der Waals surface area contributed by atoms with Crippen molar-refractivity contribution in [3.05, 3.63) is 77.9 Å². The van der Waals surface area contributed by atoms with E-state index < -0.39 is 0 Å². The molecule has 5 nitrogen and oxygen atoms in total. The van der Waals surface area contributed by atoms with Gasteiger partial charge in [-0.3, -0.25) is 14.5 Å². The van der Waals surface area contributed by atoms with E-state index in [-0.39, 0.29) is 17.2 Å². The lowest BCUT2D eigenvalue weighted by molar-refractivity contribution is -0.135. The second-order valence-electron chi connectivity index (χ2n) is 9.72. The molecule has 33 heavy (non-hydrogen) atoms. The maximum atomic E-state index is 13.2. The van der Waals surface area contributed by atoms with E-state index in [4.69, 9.17) is 0 Å². The highest BCUT2D eigenvalue weighted by atomic mass is 16.2. The highest BCUT2D eigenvalue weighted by Gasteiger charge is 2.59. The zero-order valence-corrected chi connectivity index (χ0v) is 19.2. The van der Waals surface area contributed by atoms with Crippen molar-refractivity contribution in [2.45, 2.75) is 19.3 Å².